The zero-order valence-corrected chi connectivity index (χ0v) is 15.0. The van der Waals surface area contributed by atoms with Crippen molar-refractivity contribution in [2.24, 2.45) is 0 Å². The van der Waals surface area contributed by atoms with Crippen LogP contribution in [0.3, 0.4) is 0 Å². The van der Waals surface area contributed by atoms with Crippen molar-refractivity contribution in [2.75, 3.05) is 19.6 Å². The molecule has 0 radical (unpaired) electrons. The number of fused-ring (bicyclic) bond motifs is 1. The lowest BCUT2D eigenvalue weighted by atomic mass is 10.0. The summed E-state index contributed by atoms with van der Waals surface area (Å²) in [4.78, 5) is 31.4. The Hall–Kier alpha value is -2.21. The van der Waals surface area contributed by atoms with Gasteiger partial charge in [0.2, 0.25) is 5.91 Å². The molecule has 1 aliphatic heterocycles. The number of aromatic nitrogens is 2. The van der Waals surface area contributed by atoms with Crippen LogP contribution in [0.25, 0.3) is 10.9 Å². The third-order valence-electron chi connectivity index (χ3n) is 5.03. The van der Waals surface area contributed by atoms with Gasteiger partial charge in [-0.1, -0.05) is 18.6 Å². The Kier molecular flexibility index (Phi) is 5.48. The highest BCUT2D eigenvalue weighted by Crippen LogP contribution is 2.15. The molecular formula is C19H26N4O2. The predicted octanol–water partition coefficient (Wildman–Crippen LogP) is 1.70. The first-order chi connectivity index (χ1) is 12.1. The minimum Gasteiger partial charge on any atom is -0.353 e. The molecule has 6 nitrogen and oxygen atoms in total. The molecule has 0 aliphatic carbocycles. The van der Waals surface area contributed by atoms with Gasteiger partial charge in [-0.3, -0.25) is 19.1 Å². The van der Waals surface area contributed by atoms with Crippen LogP contribution in [0.4, 0.5) is 0 Å². The van der Waals surface area contributed by atoms with Gasteiger partial charge in [0.05, 0.1) is 17.2 Å². The Balaban J connectivity index is 1.59. The second kappa shape index (κ2) is 7.78. The second-order valence-electron chi connectivity index (χ2n) is 6.88. The van der Waals surface area contributed by atoms with E-state index in [4.69, 9.17) is 0 Å². The number of amides is 1. The van der Waals surface area contributed by atoms with E-state index in [1.165, 1.54) is 30.2 Å². The van der Waals surface area contributed by atoms with Crippen LogP contribution in [0.15, 0.2) is 29.3 Å². The summed E-state index contributed by atoms with van der Waals surface area (Å²) >= 11 is 0. The number of aryl methyl sites for hydroxylation is 1. The molecular weight excluding hydrogens is 316 g/mol. The Bertz CT molecular complexity index is 815. The lowest BCUT2D eigenvalue weighted by Gasteiger charge is -2.33. The van der Waals surface area contributed by atoms with Crippen molar-refractivity contribution < 1.29 is 4.79 Å². The van der Waals surface area contributed by atoms with Crippen LogP contribution in [0.5, 0.6) is 0 Å². The number of hydrogen-bond acceptors (Lipinski definition) is 4. The third-order valence-corrected chi connectivity index (χ3v) is 5.03. The number of likely N-dealkylation sites (tertiary alicyclic amines) is 1. The maximum atomic E-state index is 12.5. The van der Waals surface area contributed by atoms with E-state index in [0.29, 0.717) is 23.5 Å². The molecule has 2 heterocycles. The quantitative estimate of drug-likeness (QED) is 0.898. The number of para-hydroxylation sites is 1. The molecule has 0 bridgehead atoms. The molecule has 134 valence electrons. The first kappa shape index (κ1) is 17.6. The first-order valence-corrected chi connectivity index (χ1v) is 9.02. The number of carbonyl (C=O) groups excluding carboxylic acids is 1. The SMILES string of the molecule is Cc1cccc2c(=O)n(CC(=O)NCCN3CCCC[C@@H]3C)cnc12. The van der Waals surface area contributed by atoms with Crippen LogP contribution in [0.2, 0.25) is 0 Å². The molecule has 25 heavy (non-hydrogen) atoms. The summed E-state index contributed by atoms with van der Waals surface area (Å²) in [7, 11) is 0. The monoisotopic (exact) mass is 342 g/mol. The third kappa shape index (κ3) is 4.07. The van der Waals surface area contributed by atoms with Gasteiger partial charge in [-0.2, -0.15) is 0 Å². The van der Waals surface area contributed by atoms with Crippen LogP contribution < -0.4 is 10.9 Å². The normalized spacial score (nSPS) is 18.4. The average Bonchev–Trinajstić information content (AvgIpc) is 2.60. The second-order valence-corrected chi connectivity index (χ2v) is 6.88. The molecule has 0 spiro atoms. The molecule has 1 aromatic carbocycles. The Morgan fingerprint density at radius 3 is 3.00 bits per heavy atom. The molecule has 1 atom stereocenters. The van der Waals surface area contributed by atoms with E-state index >= 15 is 0 Å². The highest BCUT2D eigenvalue weighted by molar-refractivity contribution is 5.81. The molecule has 1 aromatic heterocycles. The van der Waals surface area contributed by atoms with Crippen molar-refractivity contribution in [3.8, 4) is 0 Å². The van der Waals surface area contributed by atoms with Crippen LogP contribution in [0.1, 0.15) is 31.7 Å². The van der Waals surface area contributed by atoms with E-state index < -0.39 is 0 Å². The van der Waals surface area contributed by atoms with Gasteiger partial charge < -0.3 is 5.32 Å². The Morgan fingerprint density at radius 1 is 1.36 bits per heavy atom. The average molecular weight is 342 g/mol. The lowest BCUT2D eigenvalue weighted by molar-refractivity contribution is -0.121. The smallest absolute Gasteiger partial charge is 0.261 e. The first-order valence-electron chi connectivity index (χ1n) is 9.02. The van der Waals surface area contributed by atoms with Gasteiger partial charge in [0.1, 0.15) is 6.54 Å². The lowest BCUT2D eigenvalue weighted by Crippen LogP contribution is -2.43. The molecule has 1 N–H and O–H groups in total. The molecule has 1 aliphatic rings. The van der Waals surface area contributed by atoms with Crippen molar-refractivity contribution in [1.29, 1.82) is 0 Å². The number of carbonyl (C=O) groups is 1. The Labute approximate surface area is 147 Å². The molecule has 1 amide bonds. The minimum absolute atomic E-state index is 0.00523. The minimum atomic E-state index is -0.173. The van der Waals surface area contributed by atoms with E-state index in [1.807, 2.05) is 19.1 Å². The highest BCUT2D eigenvalue weighted by atomic mass is 16.2. The van der Waals surface area contributed by atoms with E-state index in [-0.39, 0.29) is 18.0 Å². The predicted molar refractivity (Wildman–Crippen MR) is 98.6 cm³/mol. The fourth-order valence-electron chi connectivity index (χ4n) is 3.49. The number of rotatable bonds is 5. The summed E-state index contributed by atoms with van der Waals surface area (Å²) in [5.74, 6) is -0.152. The van der Waals surface area contributed by atoms with Crippen molar-refractivity contribution in [3.05, 3.63) is 40.4 Å². The maximum absolute atomic E-state index is 12.5. The molecule has 3 rings (SSSR count). The maximum Gasteiger partial charge on any atom is 0.261 e. The van der Waals surface area contributed by atoms with Crippen LogP contribution >= 0.6 is 0 Å². The molecule has 0 unspecified atom stereocenters. The van der Waals surface area contributed by atoms with Gasteiger partial charge in [-0.15, -0.1) is 0 Å². The standard InChI is InChI=1S/C19H26N4O2/c1-14-6-5-8-16-18(14)21-13-23(19(16)25)12-17(24)20-9-11-22-10-4-3-7-15(22)2/h5-6,8,13,15H,3-4,7,9-12H2,1-2H3,(H,20,24)/t15-/m0/s1. The number of benzene rings is 1. The molecule has 2 aromatic rings. The van der Waals surface area contributed by atoms with Gasteiger partial charge in [0.25, 0.3) is 5.56 Å². The van der Waals surface area contributed by atoms with Crippen LogP contribution in [-0.4, -0.2) is 46.0 Å². The van der Waals surface area contributed by atoms with Crippen molar-refractivity contribution in [3.63, 3.8) is 0 Å². The summed E-state index contributed by atoms with van der Waals surface area (Å²) in [6, 6.07) is 6.10. The molecule has 1 fully saturated rings. The zero-order valence-electron chi connectivity index (χ0n) is 15.0. The van der Waals surface area contributed by atoms with Gasteiger partial charge in [-0.25, -0.2) is 4.98 Å². The fourth-order valence-corrected chi connectivity index (χ4v) is 3.49. The van der Waals surface area contributed by atoms with E-state index in [1.54, 1.807) is 6.07 Å². The summed E-state index contributed by atoms with van der Waals surface area (Å²) in [6.45, 7) is 6.74. The summed E-state index contributed by atoms with van der Waals surface area (Å²) in [6.07, 6.45) is 5.21. The topological polar surface area (TPSA) is 67.2 Å². The van der Waals surface area contributed by atoms with Gasteiger partial charge in [0, 0.05) is 19.1 Å². The van der Waals surface area contributed by atoms with Crippen LogP contribution in [0, 0.1) is 6.92 Å². The Morgan fingerprint density at radius 2 is 2.20 bits per heavy atom. The van der Waals surface area contributed by atoms with E-state index in [9.17, 15) is 9.59 Å². The van der Waals surface area contributed by atoms with Crippen LogP contribution in [-0.2, 0) is 11.3 Å². The van der Waals surface area contributed by atoms with Gasteiger partial charge >= 0.3 is 0 Å². The highest BCUT2D eigenvalue weighted by Gasteiger charge is 2.17. The van der Waals surface area contributed by atoms with E-state index in [2.05, 4.69) is 22.1 Å². The number of piperidine rings is 1. The summed E-state index contributed by atoms with van der Waals surface area (Å²) in [5.41, 5.74) is 1.48. The van der Waals surface area contributed by atoms with Crippen molar-refractivity contribution >= 4 is 16.8 Å². The molecule has 6 heteroatoms. The van der Waals surface area contributed by atoms with Gasteiger partial charge in [-0.05, 0) is 44.9 Å². The number of nitrogens with zero attached hydrogens (tertiary/aromatic N) is 3. The van der Waals surface area contributed by atoms with Crippen molar-refractivity contribution in [2.45, 2.75) is 45.7 Å². The molecule has 1 saturated heterocycles. The number of hydrogen-bond donors (Lipinski definition) is 1. The largest absolute Gasteiger partial charge is 0.353 e. The van der Waals surface area contributed by atoms with Gasteiger partial charge in [0.15, 0.2) is 0 Å². The number of nitrogens with one attached hydrogen (secondary N) is 1. The van der Waals surface area contributed by atoms with E-state index in [0.717, 1.165) is 18.7 Å². The summed E-state index contributed by atoms with van der Waals surface area (Å²) in [5, 5.41) is 3.47. The zero-order chi connectivity index (χ0) is 17.8. The summed E-state index contributed by atoms with van der Waals surface area (Å²) < 4.78 is 1.38. The fraction of sp³-hybridized carbons (Fsp3) is 0.526. The van der Waals surface area contributed by atoms with Crippen molar-refractivity contribution in [1.82, 2.24) is 19.8 Å². The molecule has 0 saturated carbocycles.